The van der Waals surface area contributed by atoms with Crippen molar-refractivity contribution in [3.05, 3.63) is 33.0 Å². The molecule has 96 valence electrons. The molecule has 0 N–H and O–H groups in total. The molecule has 0 saturated carbocycles. The maximum absolute atomic E-state index is 12.4. The van der Waals surface area contributed by atoms with Gasteiger partial charge in [0.15, 0.2) is 5.16 Å². The van der Waals surface area contributed by atoms with Crippen molar-refractivity contribution < 1.29 is 0 Å². The summed E-state index contributed by atoms with van der Waals surface area (Å²) < 4.78 is 2.65. The van der Waals surface area contributed by atoms with Gasteiger partial charge in [-0.05, 0) is 31.5 Å². The Labute approximate surface area is 119 Å². The molecule has 0 saturated heterocycles. The molecule has 0 atom stereocenters. The van der Waals surface area contributed by atoms with E-state index in [1.165, 1.54) is 0 Å². The van der Waals surface area contributed by atoms with Crippen LogP contribution in [0.5, 0.6) is 0 Å². The largest absolute Gasteiger partial charge is 0.287 e. The van der Waals surface area contributed by atoms with Gasteiger partial charge >= 0.3 is 0 Å². The Balaban J connectivity index is 2.65. The highest BCUT2D eigenvalue weighted by atomic mass is 79.9. The highest BCUT2D eigenvalue weighted by molar-refractivity contribution is 9.10. The van der Waals surface area contributed by atoms with Crippen LogP contribution in [0.25, 0.3) is 10.9 Å². The van der Waals surface area contributed by atoms with Gasteiger partial charge < -0.3 is 0 Å². The number of nitrogens with zero attached hydrogens (tertiary/aromatic N) is 2. The number of benzene rings is 1. The van der Waals surface area contributed by atoms with Crippen molar-refractivity contribution >= 4 is 38.6 Å². The fourth-order valence-electron chi connectivity index (χ4n) is 1.76. The molecule has 3 nitrogen and oxygen atoms in total. The SMILES string of the molecule is CCCSc1nc2ccc(Br)cc2c(=O)n1CC. The lowest BCUT2D eigenvalue weighted by Crippen LogP contribution is -2.22. The van der Waals surface area contributed by atoms with Crippen LogP contribution in [-0.2, 0) is 6.54 Å². The molecule has 18 heavy (non-hydrogen) atoms. The highest BCUT2D eigenvalue weighted by Crippen LogP contribution is 2.20. The molecule has 0 unspecified atom stereocenters. The fourth-order valence-corrected chi connectivity index (χ4v) is 3.03. The zero-order valence-electron chi connectivity index (χ0n) is 10.4. The van der Waals surface area contributed by atoms with Gasteiger partial charge in [0.1, 0.15) is 0 Å². The number of rotatable bonds is 4. The van der Waals surface area contributed by atoms with Gasteiger partial charge in [0.2, 0.25) is 0 Å². The van der Waals surface area contributed by atoms with E-state index >= 15 is 0 Å². The summed E-state index contributed by atoms with van der Waals surface area (Å²) in [6.45, 7) is 4.75. The lowest BCUT2D eigenvalue weighted by atomic mass is 10.2. The van der Waals surface area contributed by atoms with Gasteiger partial charge in [0.05, 0.1) is 10.9 Å². The standard InChI is InChI=1S/C13H15BrN2OS/c1-3-7-18-13-15-11-6-5-9(14)8-10(11)12(17)16(13)4-2/h5-6,8H,3-4,7H2,1-2H3. The van der Waals surface area contributed by atoms with E-state index in [-0.39, 0.29) is 5.56 Å². The molecule has 0 aliphatic rings. The van der Waals surface area contributed by atoms with Gasteiger partial charge in [-0.2, -0.15) is 0 Å². The molecule has 2 aromatic rings. The molecule has 5 heteroatoms. The quantitative estimate of drug-likeness (QED) is 0.635. The molecule has 2 rings (SSSR count). The summed E-state index contributed by atoms with van der Waals surface area (Å²) in [5.74, 6) is 0.981. The normalized spacial score (nSPS) is 11.1. The van der Waals surface area contributed by atoms with Crippen LogP contribution in [0.15, 0.2) is 32.6 Å². The van der Waals surface area contributed by atoms with Crippen LogP contribution in [0.4, 0.5) is 0 Å². The summed E-state index contributed by atoms with van der Waals surface area (Å²) in [6.07, 6.45) is 1.07. The Morgan fingerprint density at radius 2 is 2.17 bits per heavy atom. The van der Waals surface area contributed by atoms with Gasteiger partial charge in [0, 0.05) is 16.8 Å². The molecule has 0 spiro atoms. The average molecular weight is 327 g/mol. The van der Waals surface area contributed by atoms with Crippen molar-refractivity contribution in [2.75, 3.05) is 5.75 Å². The van der Waals surface area contributed by atoms with Crippen LogP contribution in [0, 0.1) is 0 Å². The van der Waals surface area contributed by atoms with E-state index in [1.807, 2.05) is 25.1 Å². The third-order valence-corrected chi connectivity index (χ3v) is 4.31. The minimum atomic E-state index is 0.0439. The lowest BCUT2D eigenvalue weighted by Gasteiger charge is -2.10. The molecule has 1 aromatic carbocycles. The minimum absolute atomic E-state index is 0.0439. The monoisotopic (exact) mass is 326 g/mol. The molecule has 0 aliphatic carbocycles. The molecular formula is C13H15BrN2OS. The van der Waals surface area contributed by atoms with Gasteiger partial charge in [0.25, 0.3) is 5.56 Å². The van der Waals surface area contributed by atoms with E-state index in [0.717, 1.165) is 27.3 Å². The van der Waals surface area contributed by atoms with Crippen molar-refractivity contribution in [1.29, 1.82) is 0 Å². The van der Waals surface area contributed by atoms with Crippen LogP contribution < -0.4 is 5.56 Å². The third-order valence-electron chi connectivity index (χ3n) is 2.63. The zero-order valence-corrected chi connectivity index (χ0v) is 12.8. The highest BCUT2D eigenvalue weighted by Gasteiger charge is 2.10. The Hall–Kier alpha value is -0.810. The van der Waals surface area contributed by atoms with E-state index in [0.29, 0.717) is 11.9 Å². The summed E-state index contributed by atoms with van der Waals surface area (Å²) in [5.41, 5.74) is 0.814. The summed E-state index contributed by atoms with van der Waals surface area (Å²) in [5, 5.41) is 1.49. The molecule has 0 bridgehead atoms. The second kappa shape index (κ2) is 5.89. The molecule has 1 heterocycles. The van der Waals surface area contributed by atoms with Crippen LogP contribution in [0.2, 0.25) is 0 Å². The van der Waals surface area contributed by atoms with Gasteiger partial charge in [-0.1, -0.05) is 34.6 Å². The smallest absolute Gasteiger partial charge is 0.262 e. The van der Waals surface area contributed by atoms with Crippen LogP contribution in [-0.4, -0.2) is 15.3 Å². The zero-order chi connectivity index (χ0) is 13.1. The first-order chi connectivity index (χ1) is 8.67. The maximum Gasteiger partial charge on any atom is 0.262 e. The summed E-state index contributed by atoms with van der Waals surface area (Å²) in [6, 6.07) is 5.64. The third kappa shape index (κ3) is 2.62. The van der Waals surface area contributed by atoms with E-state index in [4.69, 9.17) is 0 Å². The maximum atomic E-state index is 12.4. The van der Waals surface area contributed by atoms with Gasteiger partial charge in [-0.15, -0.1) is 0 Å². The summed E-state index contributed by atoms with van der Waals surface area (Å²) in [4.78, 5) is 17.0. The van der Waals surface area contributed by atoms with E-state index < -0.39 is 0 Å². The molecule has 1 aromatic heterocycles. The van der Waals surface area contributed by atoms with E-state index in [2.05, 4.69) is 27.8 Å². The Morgan fingerprint density at radius 3 is 2.83 bits per heavy atom. The number of halogens is 1. The van der Waals surface area contributed by atoms with Crippen LogP contribution in [0.1, 0.15) is 20.3 Å². The number of thioether (sulfide) groups is 1. The molecular weight excluding hydrogens is 312 g/mol. The number of hydrogen-bond acceptors (Lipinski definition) is 3. The van der Waals surface area contributed by atoms with Gasteiger partial charge in [-0.3, -0.25) is 9.36 Å². The first kappa shape index (κ1) is 13.6. The number of hydrogen-bond donors (Lipinski definition) is 0. The van der Waals surface area contributed by atoms with Crippen molar-refractivity contribution in [2.45, 2.75) is 32.0 Å². The van der Waals surface area contributed by atoms with Crippen molar-refractivity contribution in [2.24, 2.45) is 0 Å². The second-order valence-electron chi connectivity index (χ2n) is 3.95. The number of fused-ring (bicyclic) bond motifs is 1. The fraction of sp³-hybridized carbons (Fsp3) is 0.385. The Kier molecular flexibility index (Phi) is 4.45. The second-order valence-corrected chi connectivity index (χ2v) is 5.93. The predicted octanol–water partition coefficient (Wildman–Crippen LogP) is 3.68. The van der Waals surface area contributed by atoms with E-state index in [9.17, 15) is 4.79 Å². The molecule has 0 aliphatic heterocycles. The predicted molar refractivity (Wildman–Crippen MR) is 80.4 cm³/mol. The van der Waals surface area contributed by atoms with Crippen molar-refractivity contribution in [1.82, 2.24) is 9.55 Å². The Morgan fingerprint density at radius 1 is 1.39 bits per heavy atom. The molecule has 0 radical (unpaired) electrons. The van der Waals surface area contributed by atoms with Crippen LogP contribution in [0.3, 0.4) is 0 Å². The van der Waals surface area contributed by atoms with Gasteiger partial charge in [-0.25, -0.2) is 4.98 Å². The summed E-state index contributed by atoms with van der Waals surface area (Å²) >= 11 is 5.04. The molecule has 0 amide bonds. The van der Waals surface area contributed by atoms with Crippen molar-refractivity contribution in [3.63, 3.8) is 0 Å². The topological polar surface area (TPSA) is 34.9 Å². The minimum Gasteiger partial charge on any atom is -0.287 e. The van der Waals surface area contributed by atoms with Crippen molar-refractivity contribution in [3.8, 4) is 0 Å². The van der Waals surface area contributed by atoms with Crippen LogP contribution >= 0.6 is 27.7 Å². The lowest BCUT2D eigenvalue weighted by molar-refractivity contribution is 0.634. The van der Waals surface area contributed by atoms with E-state index in [1.54, 1.807) is 16.3 Å². The first-order valence-corrected chi connectivity index (χ1v) is 7.78. The Bertz CT molecular complexity index is 624. The molecule has 0 fully saturated rings. The number of aromatic nitrogens is 2. The summed E-state index contributed by atoms with van der Waals surface area (Å²) in [7, 11) is 0. The first-order valence-electron chi connectivity index (χ1n) is 6.00. The average Bonchev–Trinajstić information content (AvgIpc) is 2.37.